The van der Waals surface area contributed by atoms with Crippen LogP contribution in [0.15, 0.2) is 18.2 Å². The molecule has 2 unspecified atom stereocenters. The number of rotatable bonds is 5. The van der Waals surface area contributed by atoms with Crippen molar-refractivity contribution in [1.29, 1.82) is 0 Å². The van der Waals surface area contributed by atoms with E-state index in [0.29, 0.717) is 0 Å². The Balaban J connectivity index is 2.75. The molecule has 2 atom stereocenters. The molecule has 0 saturated heterocycles. The van der Waals surface area contributed by atoms with E-state index in [-0.39, 0.29) is 23.7 Å². The number of hydrogen-bond acceptors (Lipinski definition) is 3. The highest BCUT2D eigenvalue weighted by Gasteiger charge is 2.18. The summed E-state index contributed by atoms with van der Waals surface area (Å²) >= 11 is 0. The molecule has 4 nitrogen and oxygen atoms in total. The van der Waals surface area contributed by atoms with Crippen molar-refractivity contribution in [2.75, 3.05) is 21.2 Å². The van der Waals surface area contributed by atoms with Crippen LogP contribution in [0.2, 0.25) is 0 Å². The second-order valence-electron chi connectivity index (χ2n) is 4.74. The van der Waals surface area contributed by atoms with Crippen LogP contribution in [0.5, 0.6) is 5.75 Å². The summed E-state index contributed by atoms with van der Waals surface area (Å²) in [6, 6.07) is 4.34. The minimum Gasteiger partial charge on any atom is -0.494 e. The Morgan fingerprint density at radius 1 is 1.37 bits per heavy atom. The third-order valence-corrected chi connectivity index (χ3v) is 2.99. The van der Waals surface area contributed by atoms with E-state index in [0.717, 1.165) is 5.56 Å². The van der Waals surface area contributed by atoms with Crippen LogP contribution in [0, 0.1) is 5.82 Å². The maximum Gasteiger partial charge on any atom is 0.238 e. The number of amides is 1. The van der Waals surface area contributed by atoms with E-state index in [1.165, 1.54) is 18.1 Å². The quantitative estimate of drug-likeness (QED) is 0.887. The lowest BCUT2D eigenvalue weighted by atomic mass is 10.1. The van der Waals surface area contributed by atoms with Gasteiger partial charge in [-0.2, -0.15) is 0 Å². The number of nitrogens with zero attached hydrogens (tertiary/aromatic N) is 1. The van der Waals surface area contributed by atoms with E-state index >= 15 is 0 Å². The first-order valence-electron chi connectivity index (χ1n) is 6.17. The molecule has 0 heterocycles. The van der Waals surface area contributed by atoms with Crippen molar-refractivity contribution in [3.8, 4) is 5.75 Å². The zero-order valence-corrected chi connectivity index (χ0v) is 12.0. The first kappa shape index (κ1) is 15.4. The molecule has 106 valence electrons. The van der Waals surface area contributed by atoms with Gasteiger partial charge in [-0.25, -0.2) is 4.39 Å². The van der Waals surface area contributed by atoms with Crippen LogP contribution >= 0.6 is 0 Å². The minimum absolute atomic E-state index is 0.0131. The van der Waals surface area contributed by atoms with E-state index in [4.69, 9.17) is 4.74 Å². The van der Waals surface area contributed by atoms with E-state index in [1.54, 1.807) is 33.2 Å². The average molecular weight is 268 g/mol. The molecule has 1 aromatic carbocycles. The molecule has 0 aliphatic heterocycles. The predicted octanol–water partition coefficient (Wildman–Crippen LogP) is 1.96. The second-order valence-corrected chi connectivity index (χ2v) is 4.74. The lowest BCUT2D eigenvalue weighted by Crippen LogP contribution is -2.42. The van der Waals surface area contributed by atoms with Crippen LogP contribution in [0.25, 0.3) is 0 Å². The lowest BCUT2D eigenvalue weighted by molar-refractivity contribution is -0.130. The Hall–Kier alpha value is -1.62. The summed E-state index contributed by atoms with van der Waals surface area (Å²) in [5.74, 6) is -0.200. The standard InChI is InChI=1S/C14H21FN2O2/c1-9(16-10(2)14(18)17(3)4)11-6-7-13(19-5)12(15)8-11/h6-10,16H,1-5H3. The number of carbonyl (C=O) groups is 1. The van der Waals surface area contributed by atoms with Crippen molar-refractivity contribution in [3.05, 3.63) is 29.6 Å². The van der Waals surface area contributed by atoms with Crippen molar-refractivity contribution in [2.45, 2.75) is 25.9 Å². The number of nitrogens with one attached hydrogen (secondary N) is 1. The largest absolute Gasteiger partial charge is 0.494 e. The Morgan fingerprint density at radius 2 is 2.00 bits per heavy atom. The zero-order chi connectivity index (χ0) is 14.6. The summed E-state index contributed by atoms with van der Waals surface area (Å²) in [5.41, 5.74) is 0.775. The number of ether oxygens (including phenoxy) is 1. The Kier molecular flexibility index (Phi) is 5.30. The molecular weight excluding hydrogens is 247 g/mol. The van der Waals surface area contributed by atoms with Gasteiger partial charge in [0.25, 0.3) is 0 Å². The highest BCUT2D eigenvalue weighted by molar-refractivity contribution is 5.80. The Morgan fingerprint density at radius 3 is 2.47 bits per heavy atom. The fraction of sp³-hybridized carbons (Fsp3) is 0.500. The molecule has 1 amide bonds. The number of hydrogen-bond donors (Lipinski definition) is 1. The van der Waals surface area contributed by atoms with Crippen LogP contribution in [-0.2, 0) is 4.79 Å². The molecule has 0 saturated carbocycles. The molecule has 0 fully saturated rings. The maximum absolute atomic E-state index is 13.6. The van der Waals surface area contributed by atoms with Crippen molar-refractivity contribution in [1.82, 2.24) is 10.2 Å². The second kappa shape index (κ2) is 6.52. The number of likely N-dealkylation sites (N-methyl/N-ethyl adjacent to an activating group) is 1. The van der Waals surface area contributed by atoms with Crippen molar-refractivity contribution >= 4 is 5.91 Å². The molecule has 0 spiro atoms. The van der Waals surface area contributed by atoms with E-state index in [2.05, 4.69) is 5.32 Å². The molecule has 0 aliphatic carbocycles. The molecule has 0 bridgehead atoms. The monoisotopic (exact) mass is 268 g/mol. The summed E-state index contributed by atoms with van der Waals surface area (Å²) < 4.78 is 18.5. The minimum atomic E-state index is -0.403. The SMILES string of the molecule is COc1ccc(C(C)NC(C)C(=O)N(C)C)cc1F. The van der Waals surface area contributed by atoms with E-state index < -0.39 is 5.82 Å². The van der Waals surface area contributed by atoms with Crippen LogP contribution in [-0.4, -0.2) is 38.1 Å². The van der Waals surface area contributed by atoms with E-state index in [9.17, 15) is 9.18 Å². The molecule has 1 aromatic rings. The van der Waals surface area contributed by atoms with Gasteiger partial charge < -0.3 is 9.64 Å². The van der Waals surface area contributed by atoms with Crippen LogP contribution < -0.4 is 10.1 Å². The first-order valence-corrected chi connectivity index (χ1v) is 6.17. The summed E-state index contributed by atoms with van der Waals surface area (Å²) in [7, 11) is 4.84. The number of benzene rings is 1. The molecule has 1 N–H and O–H groups in total. The van der Waals surface area contributed by atoms with Gasteiger partial charge in [-0.1, -0.05) is 6.07 Å². The fourth-order valence-corrected chi connectivity index (χ4v) is 1.88. The number of methoxy groups -OCH3 is 1. The van der Waals surface area contributed by atoms with E-state index in [1.807, 2.05) is 6.92 Å². The summed E-state index contributed by atoms with van der Waals surface area (Å²) in [6.07, 6.45) is 0. The van der Waals surface area contributed by atoms with Crippen LogP contribution in [0.1, 0.15) is 25.5 Å². The van der Waals surface area contributed by atoms with Gasteiger partial charge in [-0.3, -0.25) is 10.1 Å². The smallest absolute Gasteiger partial charge is 0.238 e. The van der Waals surface area contributed by atoms with Gasteiger partial charge in [-0.05, 0) is 31.5 Å². The predicted molar refractivity (Wildman–Crippen MR) is 72.7 cm³/mol. The summed E-state index contributed by atoms with van der Waals surface area (Å²) in [5, 5.41) is 3.14. The molecular formula is C14H21FN2O2. The molecule has 0 aromatic heterocycles. The van der Waals surface area contributed by atoms with Gasteiger partial charge in [0.2, 0.25) is 5.91 Å². The van der Waals surface area contributed by atoms with Crippen molar-refractivity contribution in [2.24, 2.45) is 0 Å². The summed E-state index contributed by atoms with van der Waals surface area (Å²) in [4.78, 5) is 13.3. The normalized spacial score (nSPS) is 13.8. The number of carbonyl (C=O) groups excluding carboxylic acids is 1. The fourth-order valence-electron chi connectivity index (χ4n) is 1.88. The van der Waals surface area contributed by atoms with Crippen molar-refractivity contribution in [3.63, 3.8) is 0 Å². The Bertz CT molecular complexity index is 449. The Labute approximate surface area is 113 Å². The first-order chi connectivity index (χ1) is 8.86. The van der Waals surface area contributed by atoms with Gasteiger partial charge in [0.1, 0.15) is 0 Å². The highest BCUT2D eigenvalue weighted by atomic mass is 19.1. The van der Waals surface area contributed by atoms with Crippen LogP contribution in [0.3, 0.4) is 0 Å². The topological polar surface area (TPSA) is 41.6 Å². The third-order valence-electron chi connectivity index (χ3n) is 2.99. The number of halogens is 1. The van der Waals surface area contributed by atoms with Gasteiger partial charge in [-0.15, -0.1) is 0 Å². The molecule has 19 heavy (non-hydrogen) atoms. The lowest BCUT2D eigenvalue weighted by Gasteiger charge is -2.22. The molecule has 0 radical (unpaired) electrons. The molecule has 5 heteroatoms. The maximum atomic E-state index is 13.6. The highest BCUT2D eigenvalue weighted by Crippen LogP contribution is 2.22. The average Bonchev–Trinajstić information content (AvgIpc) is 2.37. The van der Waals surface area contributed by atoms with Crippen LogP contribution in [0.4, 0.5) is 4.39 Å². The zero-order valence-electron chi connectivity index (χ0n) is 12.0. The van der Waals surface area contributed by atoms with Crippen molar-refractivity contribution < 1.29 is 13.9 Å². The summed E-state index contributed by atoms with van der Waals surface area (Å²) in [6.45, 7) is 3.68. The molecule has 1 rings (SSSR count). The van der Waals surface area contributed by atoms with Gasteiger partial charge in [0.15, 0.2) is 11.6 Å². The molecule has 0 aliphatic rings. The third kappa shape index (κ3) is 3.92. The van der Waals surface area contributed by atoms with Gasteiger partial charge >= 0.3 is 0 Å². The van der Waals surface area contributed by atoms with Gasteiger partial charge in [0, 0.05) is 20.1 Å². The van der Waals surface area contributed by atoms with Gasteiger partial charge in [0.05, 0.1) is 13.2 Å².